The zero-order chi connectivity index (χ0) is 11.1. The Hall–Kier alpha value is -1.06. The van der Waals surface area contributed by atoms with Gasteiger partial charge >= 0.3 is 0 Å². The fourth-order valence-corrected chi connectivity index (χ4v) is 2.85. The van der Waals surface area contributed by atoms with Crippen LogP contribution in [-0.4, -0.2) is 37.1 Å². The Bertz CT molecular complexity index is 361. The molecule has 3 aliphatic rings. The van der Waals surface area contributed by atoms with Gasteiger partial charge in [-0.05, 0) is 31.2 Å². The monoisotopic (exact) mass is 217 g/mol. The van der Waals surface area contributed by atoms with Crippen LogP contribution in [0.3, 0.4) is 0 Å². The minimum Gasteiger partial charge on any atom is -0.368 e. The standard InChI is InChI=1S/C13H19N3/c1-15-12-6-13(15)9-16(8-12)11-4-2-10(7-14)3-5-11/h2-5,12-13H,6-9,14H2,1H3. The van der Waals surface area contributed by atoms with E-state index >= 15 is 0 Å². The summed E-state index contributed by atoms with van der Waals surface area (Å²) in [5.41, 5.74) is 8.16. The van der Waals surface area contributed by atoms with Crippen molar-refractivity contribution in [2.45, 2.75) is 25.0 Å². The van der Waals surface area contributed by atoms with E-state index in [1.165, 1.54) is 30.8 Å². The first-order valence-corrected chi connectivity index (χ1v) is 6.04. The number of rotatable bonds is 2. The highest BCUT2D eigenvalue weighted by Crippen LogP contribution is 2.32. The van der Waals surface area contributed by atoms with Crippen LogP contribution in [-0.2, 0) is 6.54 Å². The Balaban J connectivity index is 1.73. The van der Waals surface area contributed by atoms with Crippen LogP contribution in [0.4, 0.5) is 5.69 Å². The summed E-state index contributed by atoms with van der Waals surface area (Å²) in [6.07, 6.45) is 1.38. The zero-order valence-corrected chi connectivity index (χ0v) is 9.76. The maximum absolute atomic E-state index is 5.61. The van der Waals surface area contributed by atoms with Crippen LogP contribution in [0.2, 0.25) is 0 Å². The van der Waals surface area contributed by atoms with Gasteiger partial charge in [0.15, 0.2) is 0 Å². The first kappa shape index (κ1) is 10.1. The second-order valence-corrected chi connectivity index (χ2v) is 4.98. The van der Waals surface area contributed by atoms with Crippen LogP contribution in [0.15, 0.2) is 24.3 Å². The number of likely N-dealkylation sites (N-methyl/N-ethyl adjacent to an activating group) is 1. The van der Waals surface area contributed by atoms with Crippen LogP contribution in [0.5, 0.6) is 0 Å². The van der Waals surface area contributed by atoms with E-state index in [1.54, 1.807) is 0 Å². The smallest absolute Gasteiger partial charge is 0.0367 e. The summed E-state index contributed by atoms with van der Waals surface area (Å²) in [5.74, 6) is 0. The number of piperazine rings is 1. The number of anilines is 1. The number of nitrogens with zero attached hydrogens (tertiary/aromatic N) is 2. The second-order valence-electron chi connectivity index (χ2n) is 4.98. The normalized spacial score (nSPS) is 29.0. The summed E-state index contributed by atoms with van der Waals surface area (Å²) >= 11 is 0. The van der Waals surface area contributed by atoms with Crippen molar-refractivity contribution in [3.63, 3.8) is 0 Å². The van der Waals surface area contributed by atoms with E-state index in [0.29, 0.717) is 6.54 Å². The van der Waals surface area contributed by atoms with Crippen molar-refractivity contribution in [1.29, 1.82) is 0 Å². The third-order valence-corrected chi connectivity index (χ3v) is 4.10. The van der Waals surface area contributed by atoms with Gasteiger partial charge in [0.1, 0.15) is 0 Å². The Labute approximate surface area is 96.8 Å². The summed E-state index contributed by atoms with van der Waals surface area (Å²) in [7, 11) is 2.24. The van der Waals surface area contributed by atoms with Crippen molar-refractivity contribution in [2.75, 3.05) is 25.0 Å². The summed E-state index contributed by atoms with van der Waals surface area (Å²) in [4.78, 5) is 5.00. The maximum atomic E-state index is 5.61. The lowest BCUT2D eigenvalue weighted by Crippen LogP contribution is -2.67. The quantitative estimate of drug-likeness (QED) is 0.803. The minimum absolute atomic E-state index is 0.633. The molecular formula is C13H19N3. The number of hydrogen-bond donors (Lipinski definition) is 1. The molecule has 3 aliphatic heterocycles. The molecule has 0 amide bonds. The Morgan fingerprint density at radius 1 is 1.19 bits per heavy atom. The molecule has 1 aromatic rings. The molecule has 2 N–H and O–H groups in total. The zero-order valence-electron chi connectivity index (χ0n) is 9.76. The molecule has 3 heteroatoms. The molecular weight excluding hydrogens is 198 g/mol. The van der Waals surface area contributed by atoms with Gasteiger partial charge in [0.25, 0.3) is 0 Å². The van der Waals surface area contributed by atoms with E-state index in [1.807, 2.05) is 0 Å². The predicted octanol–water partition coefficient (Wildman–Crippen LogP) is 1.04. The van der Waals surface area contributed by atoms with Gasteiger partial charge in [0, 0.05) is 37.4 Å². The average Bonchev–Trinajstić information content (AvgIpc) is 2.38. The van der Waals surface area contributed by atoms with Gasteiger partial charge in [-0.1, -0.05) is 12.1 Å². The van der Waals surface area contributed by atoms with Crippen LogP contribution in [0, 0.1) is 0 Å². The van der Waals surface area contributed by atoms with Gasteiger partial charge in [0.05, 0.1) is 0 Å². The van der Waals surface area contributed by atoms with Gasteiger partial charge in [-0.2, -0.15) is 0 Å². The van der Waals surface area contributed by atoms with E-state index in [2.05, 4.69) is 41.1 Å². The highest BCUT2D eigenvalue weighted by Gasteiger charge is 2.41. The van der Waals surface area contributed by atoms with Crippen LogP contribution in [0.1, 0.15) is 12.0 Å². The fraction of sp³-hybridized carbons (Fsp3) is 0.538. The molecule has 3 fully saturated rings. The van der Waals surface area contributed by atoms with E-state index in [9.17, 15) is 0 Å². The Morgan fingerprint density at radius 2 is 1.81 bits per heavy atom. The summed E-state index contributed by atoms with van der Waals surface area (Å²) < 4.78 is 0. The molecule has 0 saturated carbocycles. The van der Waals surface area contributed by atoms with Crippen molar-refractivity contribution >= 4 is 5.69 Å². The average molecular weight is 217 g/mol. The highest BCUT2D eigenvalue weighted by atomic mass is 15.3. The Morgan fingerprint density at radius 3 is 2.31 bits per heavy atom. The molecule has 0 aliphatic carbocycles. The molecule has 4 rings (SSSR count). The third kappa shape index (κ3) is 1.51. The third-order valence-electron chi connectivity index (χ3n) is 4.10. The molecule has 3 heterocycles. The summed E-state index contributed by atoms with van der Waals surface area (Å²) in [6.45, 7) is 2.98. The molecule has 0 radical (unpaired) electrons. The van der Waals surface area contributed by atoms with Crippen LogP contribution in [0.25, 0.3) is 0 Å². The van der Waals surface area contributed by atoms with Crippen molar-refractivity contribution in [3.8, 4) is 0 Å². The molecule has 0 spiro atoms. The minimum atomic E-state index is 0.633. The van der Waals surface area contributed by atoms with Gasteiger partial charge in [0.2, 0.25) is 0 Å². The number of fused-ring (bicyclic) bond motifs is 2. The summed E-state index contributed by atoms with van der Waals surface area (Å²) in [5, 5.41) is 0. The van der Waals surface area contributed by atoms with E-state index in [0.717, 1.165) is 12.1 Å². The molecule has 3 saturated heterocycles. The first-order valence-electron chi connectivity index (χ1n) is 6.04. The molecule has 16 heavy (non-hydrogen) atoms. The Kier molecular flexibility index (Phi) is 2.37. The SMILES string of the molecule is CN1C2CC1CN(c1ccc(CN)cc1)C2. The first-order chi connectivity index (χ1) is 7.78. The van der Waals surface area contributed by atoms with Crippen LogP contribution < -0.4 is 10.6 Å². The molecule has 3 nitrogen and oxygen atoms in total. The molecule has 1 aromatic carbocycles. The molecule has 2 bridgehead atoms. The van der Waals surface area contributed by atoms with Crippen molar-refractivity contribution in [3.05, 3.63) is 29.8 Å². The van der Waals surface area contributed by atoms with E-state index < -0.39 is 0 Å². The highest BCUT2D eigenvalue weighted by molar-refractivity contribution is 5.49. The second kappa shape index (κ2) is 3.75. The van der Waals surface area contributed by atoms with Gasteiger partial charge < -0.3 is 10.6 Å². The fourth-order valence-electron chi connectivity index (χ4n) is 2.85. The molecule has 0 aromatic heterocycles. The lowest BCUT2D eigenvalue weighted by Gasteiger charge is -2.55. The van der Waals surface area contributed by atoms with Crippen molar-refractivity contribution < 1.29 is 0 Å². The molecule has 2 unspecified atom stereocenters. The predicted molar refractivity (Wildman–Crippen MR) is 66.5 cm³/mol. The molecule has 2 atom stereocenters. The lowest BCUT2D eigenvalue weighted by atomic mass is 9.88. The van der Waals surface area contributed by atoms with Gasteiger partial charge in [-0.3, -0.25) is 4.90 Å². The summed E-state index contributed by atoms with van der Waals surface area (Å²) in [6, 6.07) is 10.2. The number of benzene rings is 1. The van der Waals surface area contributed by atoms with E-state index in [-0.39, 0.29) is 0 Å². The topological polar surface area (TPSA) is 32.5 Å². The largest absolute Gasteiger partial charge is 0.368 e. The lowest BCUT2D eigenvalue weighted by molar-refractivity contribution is 0.0264. The van der Waals surface area contributed by atoms with Crippen LogP contribution >= 0.6 is 0 Å². The number of hydrogen-bond acceptors (Lipinski definition) is 3. The van der Waals surface area contributed by atoms with Gasteiger partial charge in [-0.15, -0.1) is 0 Å². The van der Waals surface area contributed by atoms with Crippen molar-refractivity contribution in [1.82, 2.24) is 4.90 Å². The van der Waals surface area contributed by atoms with Crippen molar-refractivity contribution in [2.24, 2.45) is 5.73 Å². The maximum Gasteiger partial charge on any atom is 0.0367 e. The number of piperidine rings is 1. The molecule has 86 valence electrons. The number of nitrogens with two attached hydrogens (primary N) is 1. The van der Waals surface area contributed by atoms with Gasteiger partial charge in [-0.25, -0.2) is 0 Å². The van der Waals surface area contributed by atoms with E-state index in [4.69, 9.17) is 5.73 Å².